The van der Waals surface area contributed by atoms with Gasteiger partial charge in [0.05, 0.1) is 12.3 Å². The predicted molar refractivity (Wildman–Crippen MR) is 134 cm³/mol. The standard InChI is InChI=1S/C27H33N3O2S/c1-20-8-9-26(33-20)22-14-23-17-30(18-24-7-3-4-10-28-24)12-13-31-27(23)25(15-22)32-19-21-6-5-11-29(2)16-21/h3-4,7-10,14-15,21H,5-6,11-13,16-19H2,1-2H3/t21-/m1/s1. The molecule has 0 amide bonds. The smallest absolute Gasteiger partial charge is 0.165 e. The number of aryl methyl sites for hydroxylation is 1. The fourth-order valence-electron chi connectivity index (χ4n) is 4.85. The minimum absolute atomic E-state index is 0.568. The quantitative estimate of drug-likeness (QED) is 0.500. The highest BCUT2D eigenvalue weighted by atomic mass is 32.1. The normalized spacial score (nSPS) is 19.5. The van der Waals surface area contributed by atoms with Crippen LogP contribution in [-0.2, 0) is 13.1 Å². The van der Waals surface area contributed by atoms with E-state index in [4.69, 9.17) is 9.47 Å². The summed E-state index contributed by atoms with van der Waals surface area (Å²) >= 11 is 1.83. The van der Waals surface area contributed by atoms with E-state index >= 15 is 0 Å². The van der Waals surface area contributed by atoms with Gasteiger partial charge in [0.1, 0.15) is 6.61 Å². The molecule has 4 heterocycles. The Morgan fingerprint density at radius 2 is 2.12 bits per heavy atom. The molecule has 33 heavy (non-hydrogen) atoms. The number of benzene rings is 1. The molecule has 0 radical (unpaired) electrons. The Bertz CT molecular complexity index is 1070. The van der Waals surface area contributed by atoms with E-state index in [1.807, 2.05) is 23.6 Å². The zero-order valence-electron chi connectivity index (χ0n) is 19.6. The molecule has 0 saturated carbocycles. The van der Waals surface area contributed by atoms with Gasteiger partial charge in [-0.3, -0.25) is 9.88 Å². The zero-order chi connectivity index (χ0) is 22.6. The Kier molecular flexibility index (Phi) is 6.95. The largest absolute Gasteiger partial charge is 0.489 e. The summed E-state index contributed by atoms with van der Waals surface area (Å²) in [5, 5.41) is 0. The maximum atomic E-state index is 6.49. The Morgan fingerprint density at radius 3 is 2.91 bits per heavy atom. The third kappa shape index (κ3) is 5.57. The molecule has 6 heteroatoms. The number of aromatic nitrogens is 1. The van der Waals surface area contributed by atoms with Crippen LogP contribution >= 0.6 is 11.3 Å². The molecule has 174 valence electrons. The summed E-state index contributed by atoms with van der Waals surface area (Å²) in [5.41, 5.74) is 3.50. The molecule has 5 nitrogen and oxygen atoms in total. The van der Waals surface area contributed by atoms with Gasteiger partial charge in [-0.2, -0.15) is 0 Å². The molecule has 0 bridgehead atoms. The van der Waals surface area contributed by atoms with E-state index in [9.17, 15) is 0 Å². The first kappa shape index (κ1) is 22.4. The lowest BCUT2D eigenvalue weighted by Gasteiger charge is -2.29. The summed E-state index contributed by atoms with van der Waals surface area (Å²) in [6.45, 7) is 8.35. The molecule has 0 spiro atoms. The van der Waals surface area contributed by atoms with Crippen LogP contribution in [0.5, 0.6) is 11.5 Å². The molecule has 0 aliphatic carbocycles. The number of fused-ring (bicyclic) bond motifs is 1. The van der Waals surface area contributed by atoms with Crippen LogP contribution < -0.4 is 9.47 Å². The zero-order valence-corrected chi connectivity index (χ0v) is 20.4. The minimum Gasteiger partial charge on any atom is -0.489 e. The number of piperidine rings is 1. The second-order valence-corrected chi connectivity index (χ2v) is 10.6. The van der Waals surface area contributed by atoms with E-state index < -0.39 is 0 Å². The summed E-state index contributed by atoms with van der Waals surface area (Å²) in [7, 11) is 2.21. The Labute approximate surface area is 201 Å². The number of thiophene rings is 1. The van der Waals surface area contributed by atoms with E-state index in [0.29, 0.717) is 12.5 Å². The number of ether oxygens (including phenoxy) is 2. The highest BCUT2D eigenvalue weighted by Gasteiger charge is 2.23. The lowest BCUT2D eigenvalue weighted by Crippen LogP contribution is -2.34. The second kappa shape index (κ2) is 10.2. The summed E-state index contributed by atoms with van der Waals surface area (Å²) in [6, 6.07) is 15.0. The van der Waals surface area contributed by atoms with Crippen molar-refractivity contribution in [2.45, 2.75) is 32.9 Å². The molecule has 2 aliphatic rings. The van der Waals surface area contributed by atoms with Crippen LogP contribution in [-0.4, -0.2) is 54.7 Å². The Balaban J connectivity index is 1.42. The second-order valence-electron chi connectivity index (χ2n) is 9.33. The van der Waals surface area contributed by atoms with Gasteiger partial charge in [0.25, 0.3) is 0 Å². The average molecular weight is 464 g/mol. The van der Waals surface area contributed by atoms with Crippen LogP contribution in [0.25, 0.3) is 10.4 Å². The molecular formula is C27H33N3O2S. The molecular weight excluding hydrogens is 430 g/mol. The Hall–Kier alpha value is -2.41. The highest BCUT2D eigenvalue weighted by molar-refractivity contribution is 7.15. The molecule has 5 rings (SSSR count). The maximum Gasteiger partial charge on any atom is 0.165 e. The van der Waals surface area contributed by atoms with Gasteiger partial charge >= 0.3 is 0 Å². The van der Waals surface area contributed by atoms with Gasteiger partial charge in [-0.05, 0) is 75.3 Å². The van der Waals surface area contributed by atoms with Crippen molar-refractivity contribution in [2.75, 3.05) is 39.9 Å². The van der Waals surface area contributed by atoms with Crippen LogP contribution in [0.4, 0.5) is 0 Å². The Morgan fingerprint density at radius 1 is 1.18 bits per heavy atom. The van der Waals surface area contributed by atoms with Crippen molar-refractivity contribution < 1.29 is 9.47 Å². The van der Waals surface area contributed by atoms with Crippen molar-refractivity contribution in [3.05, 3.63) is 64.8 Å². The SMILES string of the molecule is Cc1ccc(-c2cc3c(c(OC[C@@H]4CCCN(C)C4)c2)OCCN(Cc2ccccn2)C3)s1. The lowest BCUT2D eigenvalue weighted by atomic mass is 9.99. The maximum absolute atomic E-state index is 6.49. The topological polar surface area (TPSA) is 37.8 Å². The van der Waals surface area contributed by atoms with Gasteiger partial charge in [-0.25, -0.2) is 0 Å². The molecule has 1 atom stereocenters. The van der Waals surface area contributed by atoms with Crippen LogP contribution in [0.2, 0.25) is 0 Å². The number of pyridine rings is 1. The molecule has 0 N–H and O–H groups in total. The van der Waals surface area contributed by atoms with Gasteiger partial charge in [-0.15, -0.1) is 11.3 Å². The fourth-order valence-corrected chi connectivity index (χ4v) is 5.70. The van der Waals surface area contributed by atoms with E-state index in [1.54, 1.807) is 0 Å². The highest BCUT2D eigenvalue weighted by Crippen LogP contribution is 2.40. The lowest BCUT2D eigenvalue weighted by molar-refractivity contribution is 0.146. The van der Waals surface area contributed by atoms with Crippen LogP contribution in [0, 0.1) is 12.8 Å². The van der Waals surface area contributed by atoms with Crippen molar-refractivity contribution in [3.8, 4) is 21.9 Å². The van der Waals surface area contributed by atoms with Crippen molar-refractivity contribution in [1.82, 2.24) is 14.8 Å². The fraction of sp³-hybridized carbons (Fsp3) is 0.444. The molecule has 2 aliphatic heterocycles. The van der Waals surface area contributed by atoms with Gasteiger partial charge < -0.3 is 14.4 Å². The first-order valence-corrected chi connectivity index (χ1v) is 12.8. The van der Waals surface area contributed by atoms with Crippen molar-refractivity contribution in [2.24, 2.45) is 5.92 Å². The summed E-state index contributed by atoms with van der Waals surface area (Å²) in [5.74, 6) is 2.37. The van der Waals surface area contributed by atoms with Gasteiger partial charge in [0, 0.05) is 53.6 Å². The molecule has 2 aromatic heterocycles. The summed E-state index contributed by atoms with van der Waals surface area (Å²) in [6.07, 6.45) is 4.34. The van der Waals surface area contributed by atoms with E-state index in [1.165, 1.54) is 40.3 Å². The van der Waals surface area contributed by atoms with Crippen molar-refractivity contribution in [1.29, 1.82) is 0 Å². The third-order valence-corrected chi connectivity index (χ3v) is 7.56. The number of hydrogen-bond donors (Lipinski definition) is 0. The molecule has 0 unspecified atom stereocenters. The van der Waals surface area contributed by atoms with Gasteiger partial charge in [0.2, 0.25) is 0 Å². The van der Waals surface area contributed by atoms with E-state index in [-0.39, 0.29) is 0 Å². The summed E-state index contributed by atoms with van der Waals surface area (Å²) < 4.78 is 12.8. The number of likely N-dealkylation sites (tertiary alicyclic amines) is 1. The van der Waals surface area contributed by atoms with Crippen molar-refractivity contribution in [3.63, 3.8) is 0 Å². The van der Waals surface area contributed by atoms with Gasteiger partial charge in [-0.1, -0.05) is 6.07 Å². The molecule has 1 saturated heterocycles. The van der Waals surface area contributed by atoms with E-state index in [2.05, 4.69) is 65.2 Å². The monoisotopic (exact) mass is 463 g/mol. The first-order chi connectivity index (χ1) is 16.1. The van der Waals surface area contributed by atoms with Crippen LogP contribution in [0.1, 0.15) is 29.0 Å². The van der Waals surface area contributed by atoms with Crippen LogP contribution in [0.15, 0.2) is 48.7 Å². The van der Waals surface area contributed by atoms with Crippen molar-refractivity contribution >= 4 is 11.3 Å². The predicted octanol–water partition coefficient (Wildman–Crippen LogP) is 5.23. The molecule has 1 aromatic carbocycles. The number of rotatable bonds is 6. The summed E-state index contributed by atoms with van der Waals surface area (Å²) in [4.78, 5) is 11.9. The minimum atomic E-state index is 0.568. The number of hydrogen-bond acceptors (Lipinski definition) is 6. The van der Waals surface area contributed by atoms with E-state index in [0.717, 1.165) is 50.0 Å². The molecule has 3 aromatic rings. The van der Waals surface area contributed by atoms with Crippen LogP contribution in [0.3, 0.4) is 0 Å². The third-order valence-electron chi connectivity index (χ3n) is 6.51. The average Bonchev–Trinajstić information content (AvgIpc) is 3.15. The molecule has 1 fully saturated rings. The number of nitrogens with zero attached hydrogens (tertiary/aromatic N) is 3. The first-order valence-electron chi connectivity index (χ1n) is 11.9. The van der Waals surface area contributed by atoms with Gasteiger partial charge in [0.15, 0.2) is 11.5 Å².